The number of rotatable bonds is 5. The Morgan fingerprint density at radius 2 is 2.38 bits per heavy atom. The first kappa shape index (κ1) is 15.8. The van der Waals surface area contributed by atoms with E-state index in [4.69, 9.17) is 4.52 Å². The van der Waals surface area contributed by atoms with Crippen LogP contribution in [0.5, 0.6) is 0 Å². The average Bonchev–Trinajstić information content (AvgIpc) is 2.87. The molecule has 6 heteroatoms. The number of urea groups is 1. The highest BCUT2D eigenvalue weighted by atomic mass is 16.5. The van der Waals surface area contributed by atoms with Gasteiger partial charge in [0.05, 0.1) is 0 Å². The van der Waals surface area contributed by atoms with Crippen LogP contribution in [0.3, 0.4) is 0 Å². The van der Waals surface area contributed by atoms with Gasteiger partial charge in [0.25, 0.3) is 0 Å². The lowest BCUT2D eigenvalue weighted by molar-refractivity contribution is 0.201. The van der Waals surface area contributed by atoms with Gasteiger partial charge >= 0.3 is 6.03 Å². The van der Waals surface area contributed by atoms with Gasteiger partial charge in [0.1, 0.15) is 5.76 Å². The largest absolute Gasteiger partial charge is 0.359 e. The zero-order chi connectivity index (χ0) is 15.2. The topological polar surface area (TPSA) is 70.4 Å². The number of aromatic nitrogens is 1. The van der Waals surface area contributed by atoms with Crippen LogP contribution in [0.25, 0.3) is 0 Å². The minimum atomic E-state index is -0.220. The third kappa shape index (κ3) is 5.04. The van der Waals surface area contributed by atoms with Crippen LogP contribution in [0.2, 0.25) is 0 Å². The van der Waals surface area contributed by atoms with E-state index in [9.17, 15) is 4.79 Å². The summed E-state index contributed by atoms with van der Waals surface area (Å²) in [4.78, 5) is 14.1. The number of piperidine rings is 1. The quantitative estimate of drug-likeness (QED) is 0.876. The van der Waals surface area contributed by atoms with Crippen molar-refractivity contribution in [3.63, 3.8) is 0 Å². The predicted octanol–water partition coefficient (Wildman–Crippen LogP) is 2.65. The summed E-state index contributed by atoms with van der Waals surface area (Å²) in [6.45, 7) is 7.05. The summed E-state index contributed by atoms with van der Waals surface area (Å²) in [7, 11) is 2.16. The first-order chi connectivity index (χ1) is 10.0. The summed E-state index contributed by atoms with van der Waals surface area (Å²) < 4.78 is 5.14. The molecular formula is C15H26N4O2. The highest BCUT2D eigenvalue weighted by molar-refractivity contribution is 5.88. The van der Waals surface area contributed by atoms with E-state index in [1.165, 1.54) is 19.4 Å². The minimum absolute atomic E-state index is 0.220. The van der Waals surface area contributed by atoms with E-state index in [1.807, 2.05) is 13.8 Å². The molecule has 2 heterocycles. The molecular weight excluding hydrogens is 268 g/mol. The van der Waals surface area contributed by atoms with Gasteiger partial charge < -0.3 is 14.7 Å². The van der Waals surface area contributed by atoms with Crippen molar-refractivity contribution in [2.75, 3.05) is 32.0 Å². The maximum atomic E-state index is 11.8. The van der Waals surface area contributed by atoms with Crippen molar-refractivity contribution in [2.24, 2.45) is 5.92 Å². The SMILES string of the molecule is CC(C)c1cc(NC(=O)NCCC2CCCN(C)C2)no1. The Kier molecular flexibility index (Phi) is 5.61. The number of carbonyl (C=O) groups is 1. The fourth-order valence-corrected chi connectivity index (χ4v) is 2.68. The summed E-state index contributed by atoms with van der Waals surface area (Å²) in [5.74, 6) is 2.19. The Hall–Kier alpha value is -1.56. The molecule has 118 valence electrons. The normalized spacial score (nSPS) is 19.7. The molecule has 0 radical (unpaired) electrons. The molecule has 1 aromatic rings. The second-order valence-corrected chi connectivity index (χ2v) is 6.21. The van der Waals surface area contributed by atoms with Crippen LogP contribution < -0.4 is 10.6 Å². The van der Waals surface area contributed by atoms with E-state index in [1.54, 1.807) is 6.07 Å². The predicted molar refractivity (Wildman–Crippen MR) is 82.5 cm³/mol. The van der Waals surface area contributed by atoms with Crippen LogP contribution in [0, 0.1) is 5.92 Å². The highest BCUT2D eigenvalue weighted by Gasteiger charge is 2.17. The smallest absolute Gasteiger partial charge is 0.320 e. The van der Waals surface area contributed by atoms with Crippen LogP contribution in [-0.2, 0) is 0 Å². The molecule has 0 saturated carbocycles. The molecule has 1 atom stereocenters. The van der Waals surface area contributed by atoms with Gasteiger partial charge in [-0.3, -0.25) is 5.32 Å². The molecule has 0 aromatic carbocycles. The fraction of sp³-hybridized carbons (Fsp3) is 0.733. The third-order valence-electron chi connectivity index (χ3n) is 3.90. The van der Waals surface area contributed by atoms with Crippen molar-refractivity contribution in [1.82, 2.24) is 15.4 Å². The van der Waals surface area contributed by atoms with Gasteiger partial charge in [-0.2, -0.15) is 0 Å². The standard InChI is InChI=1S/C15H26N4O2/c1-11(2)13-9-14(18-21-13)17-15(20)16-7-6-12-5-4-8-19(3)10-12/h9,11-12H,4-8,10H2,1-3H3,(H2,16,17,18,20). The first-order valence-electron chi connectivity index (χ1n) is 7.74. The van der Waals surface area contributed by atoms with E-state index >= 15 is 0 Å². The van der Waals surface area contributed by atoms with Gasteiger partial charge in [0.15, 0.2) is 5.82 Å². The Bertz CT molecular complexity index is 458. The number of nitrogens with zero attached hydrogens (tertiary/aromatic N) is 2. The Morgan fingerprint density at radius 3 is 3.05 bits per heavy atom. The van der Waals surface area contributed by atoms with Gasteiger partial charge in [0.2, 0.25) is 0 Å². The second kappa shape index (κ2) is 7.45. The second-order valence-electron chi connectivity index (χ2n) is 6.21. The molecule has 1 aliphatic rings. The molecule has 1 fully saturated rings. The number of carbonyl (C=O) groups excluding carboxylic acids is 1. The lowest BCUT2D eigenvalue weighted by atomic mass is 9.95. The Balaban J connectivity index is 1.67. The summed E-state index contributed by atoms with van der Waals surface area (Å²) in [6.07, 6.45) is 3.53. The lowest BCUT2D eigenvalue weighted by Crippen LogP contribution is -2.35. The average molecular weight is 294 g/mol. The zero-order valence-corrected chi connectivity index (χ0v) is 13.2. The van der Waals surface area contributed by atoms with E-state index < -0.39 is 0 Å². The molecule has 0 spiro atoms. The molecule has 6 nitrogen and oxygen atoms in total. The van der Waals surface area contributed by atoms with Crippen molar-refractivity contribution in [2.45, 2.75) is 39.0 Å². The fourth-order valence-electron chi connectivity index (χ4n) is 2.68. The lowest BCUT2D eigenvalue weighted by Gasteiger charge is -2.29. The number of anilines is 1. The minimum Gasteiger partial charge on any atom is -0.359 e. The van der Waals surface area contributed by atoms with Gasteiger partial charge in [-0.15, -0.1) is 0 Å². The van der Waals surface area contributed by atoms with Crippen LogP contribution in [-0.4, -0.2) is 42.8 Å². The summed E-state index contributed by atoms with van der Waals surface area (Å²) in [5.41, 5.74) is 0. The number of amides is 2. The molecule has 0 aliphatic carbocycles. The molecule has 1 aromatic heterocycles. The third-order valence-corrected chi connectivity index (χ3v) is 3.90. The Morgan fingerprint density at radius 1 is 1.57 bits per heavy atom. The molecule has 1 saturated heterocycles. The zero-order valence-electron chi connectivity index (χ0n) is 13.2. The first-order valence-corrected chi connectivity index (χ1v) is 7.74. The summed E-state index contributed by atoms with van der Waals surface area (Å²) >= 11 is 0. The van der Waals surface area contributed by atoms with E-state index in [-0.39, 0.29) is 11.9 Å². The number of hydrogen-bond donors (Lipinski definition) is 2. The van der Waals surface area contributed by atoms with Gasteiger partial charge in [-0.05, 0) is 38.8 Å². The van der Waals surface area contributed by atoms with E-state index in [0.29, 0.717) is 18.3 Å². The van der Waals surface area contributed by atoms with Crippen molar-refractivity contribution < 1.29 is 9.32 Å². The van der Waals surface area contributed by atoms with Crippen LogP contribution >= 0.6 is 0 Å². The number of hydrogen-bond acceptors (Lipinski definition) is 4. The van der Waals surface area contributed by atoms with Crippen LogP contribution in [0.1, 0.15) is 44.8 Å². The number of nitrogens with one attached hydrogen (secondary N) is 2. The maximum absolute atomic E-state index is 11.8. The van der Waals surface area contributed by atoms with Crippen LogP contribution in [0.15, 0.2) is 10.6 Å². The summed E-state index contributed by atoms with van der Waals surface area (Å²) in [5, 5.41) is 9.41. The van der Waals surface area contributed by atoms with Gasteiger partial charge in [-0.25, -0.2) is 4.79 Å². The highest BCUT2D eigenvalue weighted by Crippen LogP contribution is 2.18. The van der Waals surface area contributed by atoms with Crippen molar-refractivity contribution in [3.8, 4) is 0 Å². The van der Waals surface area contributed by atoms with Gasteiger partial charge in [0, 0.05) is 25.1 Å². The molecule has 2 rings (SSSR count). The van der Waals surface area contributed by atoms with Crippen LogP contribution in [0.4, 0.5) is 10.6 Å². The van der Waals surface area contributed by atoms with E-state index in [2.05, 4.69) is 27.7 Å². The molecule has 21 heavy (non-hydrogen) atoms. The molecule has 2 amide bonds. The van der Waals surface area contributed by atoms with Crippen molar-refractivity contribution >= 4 is 11.8 Å². The molecule has 1 unspecified atom stereocenters. The molecule has 2 N–H and O–H groups in total. The summed E-state index contributed by atoms with van der Waals surface area (Å²) in [6, 6.07) is 1.54. The van der Waals surface area contributed by atoms with Crippen molar-refractivity contribution in [1.29, 1.82) is 0 Å². The van der Waals surface area contributed by atoms with Gasteiger partial charge in [-0.1, -0.05) is 19.0 Å². The van der Waals surface area contributed by atoms with Crippen molar-refractivity contribution in [3.05, 3.63) is 11.8 Å². The number of likely N-dealkylation sites (tertiary alicyclic amines) is 1. The monoisotopic (exact) mass is 294 g/mol. The molecule has 0 bridgehead atoms. The van der Waals surface area contributed by atoms with E-state index in [0.717, 1.165) is 18.7 Å². The molecule has 1 aliphatic heterocycles. The Labute approximate surface area is 126 Å². The maximum Gasteiger partial charge on any atom is 0.320 e.